The standard InChI is InChI=1S/C27H24N4O4/c1-30-22-10-5-4-9-21(22)23-24(26(32)28-16-17-7-6-8-20(15-17)35-3)29-31(27(33)25(23)30)18-11-13-19(34-2)14-12-18/h4-15H,16H2,1-3H3,(H,28,32). The summed E-state index contributed by atoms with van der Waals surface area (Å²) in [5.74, 6) is 0.986. The van der Waals surface area contributed by atoms with Crippen molar-refractivity contribution < 1.29 is 14.3 Å². The molecular weight excluding hydrogens is 444 g/mol. The number of methoxy groups -OCH3 is 2. The van der Waals surface area contributed by atoms with E-state index >= 15 is 0 Å². The highest BCUT2D eigenvalue weighted by molar-refractivity contribution is 6.16. The lowest BCUT2D eigenvalue weighted by atomic mass is 10.1. The van der Waals surface area contributed by atoms with Crippen LogP contribution in [-0.4, -0.2) is 34.5 Å². The fourth-order valence-corrected chi connectivity index (χ4v) is 4.28. The number of amides is 1. The maximum atomic E-state index is 13.6. The second kappa shape index (κ2) is 8.98. The molecule has 8 nitrogen and oxygen atoms in total. The van der Waals surface area contributed by atoms with Crippen LogP contribution in [0.2, 0.25) is 0 Å². The fraction of sp³-hybridized carbons (Fsp3) is 0.148. The van der Waals surface area contributed by atoms with Crippen LogP contribution in [0.15, 0.2) is 77.6 Å². The quantitative estimate of drug-likeness (QED) is 0.409. The third-order valence-corrected chi connectivity index (χ3v) is 6.06. The number of nitrogens with one attached hydrogen (secondary N) is 1. The zero-order valence-electron chi connectivity index (χ0n) is 19.6. The third kappa shape index (κ3) is 3.89. The van der Waals surface area contributed by atoms with Crippen molar-refractivity contribution in [1.82, 2.24) is 19.7 Å². The number of para-hydroxylation sites is 1. The number of carbonyl (C=O) groups is 1. The van der Waals surface area contributed by atoms with Crippen LogP contribution in [0.25, 0.3) is 27.5 Å². The Bertz CT molecular complexity index is 1620. The van der Waals surface area contributed by atoms with Crippen molar-refractivity contribution in [3.63, 3.8) is 0 Å². The van der Waals surface area contributed by atoms with E-state index in [0.717, 1.165) is 16.5 Å². The average molecular weight is 469 g/mol. The van der Waals surface area contributed by atoms with Crippen molar-refractivity contribution in [1.29, 1.82) is 0 Å². The lowest BCUT2D eigenvalue weighted by molar-refractivity contribution is 0.0946. The molecule has 0 unspecified atom stereocenters. The van der Waals surface area contributed by atoms with Crippen LogP contribution >= 0.6 is 0 Å². The number of benzene rings is 3. The SMILES string of the molecule is COc1ccc(-n2nc(C(=O)NCc3cccc(OC)c3)c3c4ccccc4n(C)c3c2=O)cc1. The van der Waals surface area contributed by atoms with Crippen LogP contribution in [0.4, 0.5) is 0 Å². The molecule has 0 atom stereocenters. The van der Waals surface area contributed by atoms with Crippen LogP contribution in [0.1, 0.15) is 16.1 Å². The van der Waals surface area contributed by atoms with Gasteiger partial charge in [-0.05, 0) is 48.0 Å². The van der Waals surface area contributed by atoms with Gasteiger partial charge < -0.3 is 19.4 Å². The van der Waals surface area contributed by atoms with Gasteiger partial charge >= 0.3 is 0 Å². The molecule has 0 aliphatic heterocycles. The number of carbonyl (C=O) groups excluding carboxylic acids is 1. The van der Waals surface area contributed by atoms with Crippen LogP contribution < -0.4 is 20.3 Å². The van der Waals surface area contributed by atoms with Gasteiger partial charge in [0.2, 0.25) is 0 Å². The molecule has 1 N–H and O–H groups in total. The summed E-state index contributed by atoms with van der Waals surface area (Å²) in [4.78, 5) is 27.1. The van der Waals surface area contributed by atoms with Gasteiger partial charge in [0, 0.05) is 29.9 Å². The summed E-state index contributed by atoms with van der Waals surface area (Å²) in [6.07, 6.45) is 0. The maximum absolute atomic E-state index is 13.6. The average Bonchev–Trinajstić information content (AvgIpc) is 3.21. The number of aromatic nitrogens is 3. The molecule has 176 valence electrons. The number of rotatable bonds is 6. The minimum atomic E-state index is -0.378. The summed E-state index contributed by atoms with van der Waals surface area (Å²) in [5, 5.41) is 8.82. The molecule has 8 heteroatoms. The minimum absolute atomic E-state index is 0.176. The number of hydrogen-bond acceptors (Lipinski definition) is 5. The highest BCUT2D eigenvalue weighted by Gasteiger charge is 2.23. The molecule has 0 saturated heterocycles. The number of aryl methyl sites for hydroxylation is 1. The molecule has 3 aromatic carbocycles. The molecule has 0 saturated carbocycles. The van der Waals surface area contributed by atoms with Gasteiger partial charge in [0.25, 0.3) is 11.5 Å². The van der Waals surface area contributed by atoms with E-state index in [2.05, 4.69) is 10.4 Å². The van der Waals surface area contributed by atoms with Crippen LogP contribution in [0, 0.1) is 0 Å². The normalized spacial score (nSPS) is 11.1. The van der Waals surface area contributed by atoms with Gasteiger partial charge in [-0.3, -0.25) is 9.59 Å². The van der Waals surface area contributed by atoms with Crippen molar-refractivity contribution in [3.8, 4) is 17.2 Å². The largest absolute Gasteiger partial charge is 0.497 e. The lowest BCUT2D eigenvalue weighted by Crippen LogP contribution is -2.30. The Morgan fingerprint density at radius 1 is 0.943 bits per heavy atom. The zero-order valence-corrected chi connectivity index (χ0v) is 19.6. The van der Waals surface area contributed by atoms with Gasteiger partial charge in [-0.25, -0.2) is 0 Å². The fourth-order valence-electron chi connectivity index (χ4n) is 4.28. The Labute approximate surface area is 201 Å². The van der Waals surface area contributed by atoms with Crippen molar-refractivity contribution in [2.75, 3.05) is 14.2 Å². The highest BCUT2D eigenvalue weighted by Crippen LogP contribution is 2.28. The zero-order chi connectivity index (χ0) is 24.5. The Hall–Kier alpha value is -4.59. The molecule has 0 bridgehead atoms. The highest BCUT2D eigenvalue weighted by atomic mass is 16.5. The van der Waals surface area contributed by atoms with E-state index in [1.54, 1.807) is 38.5 Å². The molecule has 0 fully saturated rings. The second-order valence-corrected chi connectivity index (χ2v) is 8.10. The molecule has 5 aromatic rings. The first-order valence-corrected chi connectivity index (χ1v) is 11.1. The molecule has 0 radical (unpaired) electrons. The van der Waals surface area contributed by atoms with E-state index in [9.17, 15) is 9.59 Å². The number of ether oxygens (including phenoxy) is 2. The summed E-state index contributed by atoms with van der Waals surface area (Å²) < 4.78 is 13.6. The molecule has 1 amide bonds. The van der Waals surface area contributed by atoms with E-state index in [1.807, 2.05) is 60.1 Å². The third-order valence-electron chi connectivity index (χ3n) is 6.06. The Morgan fingerprint density at radius 3 is 2.43 bits per heavy atom. The monoisotopic (exact) mass is 468 g/mol. The predicted octanol–water partition coefficient (Wildman–Crippen LogP) is 3.82. The number of fused-ring (bicyclic) bond motifs is 3. The molecule has 5 rings (SSSR count). The second-order valence-electron chi connectivity index (χ2n) is 8.10. The Kier molecular flexibility index (Phi) is 5.70. The molecule has 2 aromatic heterocycles. The summed E-state index contributed by atoms with van der Waals surface area (Å²) >= 11 is 0. The van der Waals surface area contributed by atoms with Gasteiger partial charge in [-0.15, -0.1) is 0 Å². The molecular formula is C27H24N4O4. The summed E-state index contributed by atoms with van der Waals surface area (Å²) in [7, 11) is 5.00. The molecule has 0 spiro atoms. The smallest absolute Gasteiger partial charge is 0.296 e. The van der Waals surface area contributed by atoms with Crippen molar-refractivity contribution in [2.45, 2.75) is 6.54 Å². The van der Waals surface area contributed by atoms with Gasteiger partial charge in [0.1, 0.15) is 17.0 Å². The minimum Gasteiger partial charge on any atom is -0.497 e. The Balaban J connectivity index is 1.67. The predicted molar refractivity (Wildman–Crippen MR) is 135 cm³/mol. The first-order chi connectivity index (χ1) is 17.0. The van der Waals surface area contributed by atoms with Crippen molar-refractivity contribution in [3.05, 3.63) is 94.4 Å². The van der Waals surface area contributed by atoms with E-state index in [4.69, 9.17) is 9.47 Å². The summed E-state index contributed by atoms with van der Waals surface area (Å²) in [6.45, 7) is 0.283. The number of hydrogen-bond donors (Lipinski definition) is 1. The van der Waals surface area contributed by atoms with Gasteiger partial charge in [-0.1, -0.05) is 30.3 Å². The molecule has 2 heterocycles. The van der Waals surface area contributed by atoms with Crippen molar-refractivity contribution >= 4 is 27.7 Å². The maximum Gasteiger partial charge on any atom is 0.296 e. The molecule has 0 aliphatic rings. The molecule has 35 heavy (non-hydrogen) atoms. The van der Waals surface area contributed by atoms with E-state index in [-0.39, 0.29) is 23.7 Å². The summed E-state index contributed by atoms with van der Waals surface area (Å²) in [5.41, 5.74) is 2.53. The van der Waals surface area contributed by atoms with Gasteiger partial charge in [-0.2, -0.15) is 9.78 Å². The number of nitrogens with zero attached hydrogens (tertiary/aromatic N) is 3. The van der Waals surface area contributed by atoms with E-state index in [0.29, 0.717) is 28.1 Å². The van der Waals surface area contributed by atoms with Crippen LogP contribution in [-0.2, 0) is 13.6 Å². The van der Waals surface area contributed by atoms with Gasteiger partial charge in [0.15, 0.2) is 5.69 Å². The van der Waals surface area contributed by atoms with E-state index < -0.39 is 0 Å². The van der Waals surface area contributed by atoms with Crippen molar-refractivity contribution in [2.24, 2.45) is 7.05 Å². The Morgan fingerprint density at radius 2 is 1.69 bits per heavy atom. The summed E-state index contributed by atoms with van der Waals surface area (Å²) in [6, 6.07) is 22.0. The van der Waals surface area contributed by atoms with Gasteiger partial charge in [0.05, 0.1) is 19.9 Å². The molecule has 0 aliphatic carbocycles. The van der Waals surface area contributed by atoms with E-state index in [1.165, 1.54) is 4.68 Å². The first kappa shape index (κ1) is 22.2. The van der Waals surface area contributed by atoms with Crippen LogP contribution in [0.3, 0.4) is 0 Å². The topological polar surface area (TPSA) is 87.4 Å². The first-order valence-electron chi connectivity index (χ1n) is 11.1. The lowest BCUT2D eigenvalue weighted by Gasteiger charge is -2.11. The van der Waals surface area contributed by atoms with Crippen LogP contribution in [0.5, 0.6) is 11.5 Å².